The minimum Gasteiger partial charge on any atom is -0.406 e. The molecule has 2 aliphatic heterocycles. The van der Waals surface area contributed by atoms with Crippen LogP contribution in [0.2, 0.25) is 0 Å². The first kappa shape index (κ1) is 23.3. The molecule has 0 aromatic heterocycles. The molecule has 1 aromatic carbocycles. The fraction of sp³-hybridized carbons (Fsp3) is 0.619. The van der Waals surface area contributed by atoms with Crippen LogP contribution in [0.15, 0.2) is 24.3 Å². The Labute approximate surface area is 179 Å². The van der Waals surface area contributed by atoms with E-state index in [2.05, 4.69) is 4.74 Å². The first-order valence-electron chi connectivity index (χ1n) is 10.3. The molecule has 0 N–H and O–H groups in total. The van der Waals surface area contributed by atoms with E-state index in [0.717, 1.165) is 37.8 Å². The second-order valence-corrected chi connectivity index (χ2v) is 7.70. The number of hydrogen-bond donors (Lipinski definition) is 0. The average molecular weight is 444 g/mol. The number of amides is 2. The topological polar surface area (TPSA) is 68.3 Å². The summed E-state index contributed by atoms with van der Waals surface area (Å²) in [6, 6.07) is 4.78. The van der Waals surface area contributed by atoms with Crippen molar-refractivity contribution in [2.24, 2.45) is 0 Å². The normalized spacial score (nSPS) is 20.4. The lowest BCUT2D eigenvalue weighted by Gasteiger charge is -2.44. The zero-order chi connectivity index (χ0) is 22.4. The van der Waals surface area contributed by atoms with E-state index >= 15 is 0 Å². The molecule has 2 fully saturated rings. The van der Waals surface area contributed by atoms with Crippen LogP contribution < -0.4 is 4.74 Å². The highest BCUT2D eigenvalue weighted by Gasteiger charge is 2.36. The van der Waals surface area contributed by atoms with Gasteiger partial charge >= 0.3 is 6.36 Å². The standard InChI is InChI=1S/C21H27F3N2O5/c1-29-14-19(27)26(16-8-11-30-12-9-16)17-3-2-10-25(13-17)20(28)15-4-6-18(7-5-15)31-21(22,23)24/h4-7,16-17H,2-3,8-14H2,1H3. The predicted octanol–water partition coefficient (Wildman–Crippen LogP) is 2.84. The summed E-state index contributed by atoms with van der Waals surface area (Å²) in [5.41, 5.74) is 0.274. The van der Waals surface area contributed by atoms with Gasteiger partial charge in [-0.05, 0) is 49.9 Å². The van der Waals surface area contributed by atoms with Gasteiger partial charge in [0.2, 0.25) is 5.91 Å². The van der Waals surface area contributed by atoms with Crippen LogP contribution in [0.5, 0.6) is 5.75 Å². The zero-order valence-electron chi connectivity index (χ0n) is 17.4. The quantitative estimate of drug-likeness (QED) is 0.675. The average Bonchev–Trinajstić information content (AvgIpc) is 2.74. The summed E-state index contributed by atoms with van der Waals surface area (Å²) in [6.45, 7) is 2.04. The van der Waals surface area contributed by atoms with Crippen LogP contribution >= 0.6 is 0 Å². The zero-order valence-corrected chi connectivity index (χ0v) is 17.4. The molecule has 10 heteroatoms. The number of carbonyl (C=O) groups excluding carboxylic acids is 2. The Morgan fingerprint density at radius 3 is 2.42 bits per heavy atom. The Morgan fingerprint density at radius 2 is 1.81 bits per heavy atom. The Kier molecular flexibility index (Phi) is 7.77. The molecular formula is C21H27F3N2O5. The fourth-order valence-electron chi connectivity index (χ4n) is 4.21. The third-order valence-corrected chi connectivity index (χ3v) is 5.55. The van der Waals surface area contributed by atoms with Crippen LogP contribution in [-0.2, 0) is 14.3 Å². The maximum atomic E-state index is 13.0. The van der Waals surface area contributed by atoms with E-state index in [1.807, 2.05) is 4.90 Å². The molecule has 2 saturated heterocycles. The van der Waals surface area contributed by atoms with Crippen LogP contribution in [0.1, 0.15) is 36.0 Å². The first-order valence-corrected chi connectivity index (χ1v) is 10.3. The number of methoxy groups -OCH3 is 1. The lowest BCUT2D eigenvalue weighted by atomic mass is 9.98. The maximum absolute atomic E-state index is 13.0. The van der Waals surface area contributed by atoms with Crippen molar-refractivity contribution in [3.05, 3.63) is 29.8 Å². The van der Waals surface area contributed by atoms with Crippen LogP contribution in [0.4, 0.5) is 13.2 Å². The van der Waals surface area contributed by atoms with Crippen molar-refractivity contribution in [1.82, 2.24) is 9.80 Å². The highest BCUT2D eigenvalue weighted by molar-refractivity contribution is 5.94. The van der Waals surface area contributed by atoms with E-state index in [9.17, 15) is 22.8 Å². The molecule has 2 heterocycles. The number of carbonyl (C=O) groups is 2. The number of hydrogen-bond acceptors (Lipinski definition) is 5. The monoisotopic (exact) mass is 444 g/mol. The SMILES string of the molecule is COCC(=O)N(C1CCOCC1)C1CCCN(C(=O)c2ccc(OC(F)(F)F)cc2)C1. The Hall–Kier alpha value is -2.33. The van der Waals surface area contributed by atoms with E-state index in [0.29, 0.717) is 26.3 Å². The highest BCUT2D eigenvalue weighted by Crippen LogP contribution is 2.26. The minimum absolute atomic E-state index is 0.0253. The summed E-state index contributed by atoms with van der Waals surface area (Å²) in [5, 5.41) is 0. The molecule has 2 amide bonds. The molecular weight excluding hydrogens is 417 g/mol. The van der Waals surface area contributed by atoms with E-state index in [-0.39, 0.29) is 41.8 Å². The van der Waals surface area contributed by atoms with Gasteiger partial charge < -0.3 is 24.0 Å². The summed E-state index contributed by atoms with van der Waals surface area (Å²) in [5.74, 6) is -0.770. The first-order chi connectivity index (χ1) is 14.8. The van der Waals surface area contributed by atoms with Gasteiger partial charge in [0.05, 0.1) is 0 Å². The van der Waals surface area contributed by atoms with Crippen molar-refractivity contribution in [3.63, 3.8) is 0 Å². The van der Waals surface area contributed by atoms with Gasteiger partial charge in [0, 0.05) is 51.1 Å². The van der Waals surface area contributed by atoms with E-state index < -0.39 is 6.36 Å². The summed E-state index contributed by atoms with van der Waals surface area (Å²) >= 11 is 0. The van der Waals surface area contributed by atoms with Crippen molar-refractivity contribution in [2.75, 3.05) is 40.0 Å². The molecule has 7 nitrogen and oxygen atoms in total. The van der Waals surface area contributed by atoms with Gasteiger partial charge in [-0.2, -0.15) is 0 Å². The van der Waals surface area contributed by atoms with Gasteiger partial charge in [0.25, 0.3) is 5.91 Å². The van der Waals surface area contributed by atoms with Gasteiger partial charge in [0.1, 0.15) is 12.4 Å². The van der Waals surface area contributed by atoms with E-state index in [1.165, 1.54) is 19.2 Å². The van der Waals surface area contributed by atoms with E-state index in [1.54, 1.807) is 4.90 Å². The number of halogens is 3. The number of benzene rings is 1. The molecule has 0 bridgehead atoms. The van der Waals surface area contributed by atoms with Crippen LogP contribution in [0, 0.1) is 0 Å². The molecule has 31 heavy (non-hydrogen) atoms. The molecule has 0 saturated carbocycles. The summed E-state index contributed by atoms with van der Waals surface area (Å²) in [6.07, 6.45) is -1.81. The number of likely N-dealkylation sites (tertiary alicyclic amines) is 1. The van der Waals surface area contributed by atoms with Gasteiger partial charge in [-0.25, -0.2) is 0 Å². The summed E-state index contributed by atoms with van der Waals surface area (Å²) < 4.78 is 51.3. The van der Waals surface area contributed by atoms with Gasteiger partial charge in [-0.15, -0.1) is 13.2 Å². The second-order valence-electron chi connectivity index (χ2n) is 7.70. The van der Waals surface area contributed by atoms with Gasteiger partial charge in [0.15, 0.2) is 0 Å². The molecule has 172 valence electrons. The van der Waals surface area contributed by atoms with Crippen LogP contribution in [0.3, 0.4) is 0 Å². The lowest BCUT2D eigenvalue weighted by molar-refractivity contribution is -0.274. The smallest absolute Gasteiger partial charge is 0.406 e. The summed E-state index contributed by atoms with van der Waals surface area (Å²) in [4.78, 5) is 29.2. The van der Waals surface area contributed by atoms with Crippen molar-refractivity contribution in [1.29, 1.82) is 0 Å². The molecule has 3 rings (SSSR count). The lowest BCUT2D eigenvalue weighted by Crippen LogP contribution is -2.56. The summed E-state index contributed by atoms with van der Waals surface area (Å²) in [7, 11) is 1.48. The predicted molar refractivity (Wildman–Crippen MR) is 105 cm³/mol. The molecule has 1 aromatic rings. The molecule has 0 radical (unpaired) electrons. The molecule has 0 aliphatic carbocycles. The molecule has 1 atom stereocenters. The number of rotatable bonds is 6. The highest BCUT2D eigenvalue weighted by atomic mass is 19.4. The van der Waals surface area contributed by atoms with Crippen LogP contribution in [-0.4, -0.2) is 80.1 Å². The molecule has 0 spiro atoms. The Balaban J connectivity index is 1.70. The van der Waals surface area contributed by atoms with Gasteiger partial charge in [-0.1, -0.05) is 0 Å². The third kappa shape index (κ3) is 6.33. The number of piperidine rings is 1. The minimum atomic E-state index is -4.78. The number of ether oxygens (including phenoxy) is 3. The fourth-order valence-corrected chi connectivity index (χ4v) is 4.21. The van der Waals surface area contributed by atoms with Crippen molar-refractivity contribution in [2.45, 2.75) is 44.1 Å². The largest absolute Gasteiger partial charge is 0.573 e. The van der Waals surface area contributed by atoms with Crippen LogP contribution in [0.25, 0.3) is 0 Å². The second kappa shape index (κ2) is 10.3. The Bertz CT molecular complexity index is 750. The van der Waals surface area contributed by atoms with E-state index in [4.69, 9.17) is 9.47 Å². The third-order valence-electron chi connectivity index (χ3n) is 5.55. The maximum Gasteiger partial charge on any atom is 0.573 e. The van der Waals surface area contributed by atoms with Crippen molar-refractivity contribution in [3.8, 4) is 5.75 Å². The van der Waals surface area contributed by atoms with Crippen molar-refractivity contribution < 1.29 is 37.0 Å². The number of alkyl halides is 3. The number of nitrogens with zero attached hydrogens (tertiary/aromatic N) is 2. The van der Waals surface area contributed by atoms with Gasteiger partial charge in [-0.3, -0.25) is 9.59 Å². The molecule has 1 unspecified atom stereocenters. The molecule has 2 aliphatic rings. The van der Waals surface area contributed by atoms with Crippen molar-refractivity contribution >= 4 is 11.8 Å². The Morgan fingerprint density at radius 1 is 1.13 bits per heavy atom.